The highest BCUT2D eigenvalue weighted by Gasteiger charge is 2.19. The lowest BCUT2D eigenvalue weighted by molar-refractivity contribution is 0.140. The molecule has 92 valence electrons. The highest BCUT2D eigenvalue weighted by Crippen LogP contribution is 2.27. The molecule has 0 unspecified atom stereocenters. The van der Waals surface area contributed by atoms with E-state index >= 15 is 0 Å². The van der Waals surface area contributed by atoms with Crippen molar-refractivity contribution >= 4 is 12.4 Å². The Hall–Kier alpha value is -0.770. The molecular weight excluding hydrogens is 226 g/mol. The van der Waals surface area contributed by atoms with Gasteiger partial charge in [-0.3, -0.25) is 0 Å². The van der Waals surface area contributed by atoms with Crippen LogP contribution in [0.4, 0.5) is 0 Å². The molecule has 0 aromatic heterocycles. The van der Waals surface area contributed by atoms with Crippen LogP contribution >= 0.6 is 12.4 Å². The third-order valence-corrected chi connectivity index (χ3v) is 2.74. The summed E-state index contributed by atoms with van der Waals surface area (Å²) in [4.78, 5) is 0. The number of aromatic hydroxyl groups is 1. The molecule has 1 aromatic rings. The van der Waals surface area contributed by atoms with Gasteiger partial charge in [0.25, 0.3) is 0 Å². The van der Waals surface area contributed by atoms with Gasteiger partial charge in [-0.1, -0.05) is 6.92 Å². The van der Waals surface area contributed by atoms with Crippen LogP contribution in [0, 0.1) is 13.8 Å². The maximum absolute atomic E-state index is 9.71. The van der Waals surface area contributed by atoms with Crippen LogP contribution in [0.3, 0.4) is 0 Å². The lowest BCUT2D eigenvalue weighted by Crippen LogP contribution is -2.26. The molecule has 0 saturated heterocycles. The van der Waals surface area contributed by atoms with Gasteiger partial charge in [0.05, 0.1) is 12.1 Å². The average molecular weight is 246 g/mol. The normalized spacial score (nSPS) is 14.1. The van der Waals surface area contributed by atoms with E-state index in [0.29, 0.717) is 6.42 Å². The first-order valence-electron chi connectivity index (χ1n) is 5.21. The molecule has 4 heteroatoms. The third-order valence-electron chi connectivity index (χ3n) is 2.74. The molecular formula is C12H20ClNO2. The highest BCUT2D eigenvalue weighted by molar-refractivity contribution is 5.85. The number of halogens is 1. The number of rotatable bonds is 3. The van der Waals surface area contributed by atoms with Gasteiger partial charge >= 0.3 is 0 Å². The van der Waals surface area contributed by atoms with Gasteiger partial charge in [-0.15, -0.1) is 12.4 Å². The van der Waals surface area contributed by atoms with E-state index < -0.39 is 6.10 Å². The maximum Gasteiger partial charge on any atom is 0.116 e. The fourth-order valence-electron chi connectivity index (χ4n) is 1.92. The van der Waals surface area contributed by atoms with Gasteiger partial charge in [0.1, 0.15) is 5.75 Å². The van der Waals surface area contributed by atoms with E-state index in [-0.39, 0.29) is 24.2 Å². The monoisotopic (exact) mass is 245 g/mol. The molecule has 0 saturated carbocycles. The van der Waals surface area contributed by atoms with Gasteiger partial charge in [-0.25, -0.2) is 0 Å². The minimum atomic E-state index is -0.535. The van der Waals surface area contributed by atoms with E-state index in [1.807, 2.05) is 20.8 Å². The summed E-state index contributed by atoms with van der Waals surface area (Å²) in [7, 11) is 0. The Morgan fingerprint density at radius 3 is 2.06 bits per heavy atom. The van der Waals surface area contributed by atoms with Crippen LogP contribution in [-0.4, -0.2) is 16.3 Å². The average Bonchev–Trinajstić information content (AvgIpc) is 2.14. The highest BCUT2D eigenvalue weighted by atomic mass is 35.5. The molecule has 0 amide bonds. The zero-order chi connectivity index (χ0) is 11.6. The summed E-state index contributed by atoms with van der Waals surface area (Å²) < 4.78 is 0. The van der Waals surface area contributed by atoms with Crippen molar-refractivity contribution < 1.29 is 10.2 Å². The first-order valence-corrected chi connectivity index (χ1v) is 5.21. The zero-order valence-corrected chi connectivity index (χ0v) is 10.7. The van der Waals surface area contributed by atoms with Crippen LogP contribution in [-0.2, 0) is 0 Å². The summed E-state index contributed by atoms with van der Waals surface area (Å²) in [5, 5.41) is 19.1. The van der Waals surface area contributed by atoms with Crippen LogP contribution in [0.15, 0.2) is 12.1 Å². The predicted molar refractivity (Wildman–Crippen MR) is 68.1 cm³/mol. The Labute approximate surface area is 103 Å². The molecule has 2 atom stereocenters. The molecule has 16 heavy (non-hydrogen) atoms. The molecule has 0 heterocycles. The fraction of sp³-hybridized carbons (Fsp3) is 0.500. The van der Waals surface area contributed by atoms with Crippen molar-refractivity contribution in [3.63, 3.8) is 0 Å². The molecule has 1 aromatic carbocycles. The minimum Gasteiger partial charge on any atom is -0.508 e. The standard InChI is InChI=1S/C12H19NO2.ClH/c1-4-10(15)12(13)11-7(2)5-9(14)6-8(11)3;/h5-6,10,12,14-15H,4,13H2,1-3H3;1H/t10-,12-;/m0./s1. The Balaban J connectivity index is 0.00000225. The van der Waals surface area contributed by atoms with E-state index in [9.17, 15) is 10.2 Å². The molecule has 3 nitrogen and oxygen atoms in total. The molecule has 1 rings (SSSR count). The molecule has 0 fully saturated rings. The molecule has 0 aliphatic carbocycles. The summed E-state index contributed by atoms with van der Waals surface area (Å²) in [6.45, 7) is 5.68. The summed E-state index contributed by atoms with van der Waals surface area (Å²) in [6.07, 6.45) is 0.0907. The number of benzene rings is 1. The van der Waals surface area contributed by atoms with E-state index in [1.54, 1.807) is 12.1 Å². The second-order valence-corrected chi connectivity index (χ2v) is 3.99. The molecule has 4 N–H and O–H groups in total. The number of nitrogens with two attached hydrogens (primary N) is 1. The zero-order valence-electron chi connectivity index (χ0n) is 9.90. The number of aliphatic hydroxyl groups excluding tert-OH is 1. The molecule has 0 spiro atoms. The lowest BCUT2D eigenvalue weighted by Gasteiger charge is -2.22. The maximum atomic E-state index is 9.71. The van der Waals surface area contributed by atoms with E-state index in [4.69, 9.17) is 5.73 Å². The van der Waals surface area contributed by atoms with Gasteiger partial charge in [0, 0.05) is 0 Å². The van der Waals surface area contributed by atoms with Gasteiger partial charge in [-0.2, -0.15) is 0 Å². The molecule has 0 aliphatic heterocycles. The van der Waals surface area contributed by atoms with Crippen molar-refractivity contribution in [3.05, 3.63) is 28.8 Å². The second-order valence-electron chi connectivity index (χ2n) is 3.99. The van der Waals surface area contributed by atoms with Gasteiger partial charge in [-0.05, 0) is 49.1 Å². The van der Waals surface area contributed by atoms with Crippen LogP contribution < -0.4 is 5.73 Å². The predicted octanol–water partition coefficient (Wildman–Crippen LogP) is 2.20. The first kappa shape index (κ1) is 15.2. The van der Waals surface area contributed by atoms with Crippen molar-refractivity contribution in [2.45, 2.75) is 39.3 Å². The van der Waals surface area contributed by atoms with Crippen LogP contribution in [0.25, 0.3) is 0 Å². The van der Waals surface area contributed by atoms with Crippen LogP contribution in [0.1, 0.15) is 36.1 Å². The van der Waals surface area contributed by atoms with Crippen molar-refractivity contribution in [2.24, 2.45) is 5.73 Å². The molecule has 0 aliphatic rings. The van der Waals surface area contributed by atoms with Crippen LogP contribution in [0.2, 0.25) is 0 Å². The molecule has 0 radical (unpaired) electrons. The van der Waals surface area contributed by atoms with Crippen molar-refractivity contribution in [2.75, 3.05) is 0 Å². The minimum absolute atomic E-state index is 0. The quantitative estimate of drug-likeness (QED) is 0.765. The van der Waals surface area contributed by atoms with Gasteiger partial charge < -0.3 is 15.9 Å². The fourth-order valence-corrected chi connectivity index (χ4v) is 1.92. The molecule has 0 bridgehead atoms. The Bertz CT molecular complexity index is 332. The van der Waals surface area contributed by atoms with E-state index in [0.717, 1.165) is 16.7 Å². The van der Waals surface area contributed by atoms with Crippen molar-refractivity contribution in [1.82, 2.24) is 0 Å². The number of phenolic OH excluding ortho intramolecular Hbond substituents is 1. The topological polar surface area (TPSA) is 66.5 Å². The number of hydrogen-bond acceptors (Lipinski definition) is 3. The number of aryl methyl sites for hydroxylation is 2. The smallest absolute Gasteiger partial charge is 0.116 e. The van der Waals surface area contributed by atoms with Crippen molar-refractivity contribution in [1.29, 1.82) is 0 Å². The summed E-state index contributed by atoms with van der Waals surface area (Å²) >= 11 is 0. The van der Waals surface area contributed by atoms with Gasteiger partial charge in [0.15, 0.2) is 0 Å². The van der Waals surface area contributed by atoms with Gasteiger partial charge in [0.2, 0.25) is 0 Å². The lowest BCUT2D eigenvalue weighted by atomic mass is 9.92. The summed E-state index contributed by atoms with van der Waals surface area (Å²) in [5.41, 5.74) is 8.75. The Morgan fingerprint density at radius 2 is 1.69 bits per heavy atom. The SMILES string of the molecule is CC[C@H](O)[C@H](N)c1c(C)cc(O)cc1C.Cl. The summed E-state index contributed by atoms with van der Waals surface area (Å²) in [5.74, 6) is 0.243. The second kappa shape index (κ2) is 6.09. The number of hydrogen-bond donors (Lipinski definition) is 3. The first-order chi connectivity index (χ1) is 6.97. The Kier molecular flexibility index (Phi) is 5.79. The van der Waals surface area contributed by atoms with E-state index in [2.05, 4.69) is 0 Å². The number of phenols is 1. The Morgan fingerprint density at radius 1 is 1.25 bits per heavy atom. The largest absolute Gasteiger partial charge is 0.508 e. The van der Waals surface area contributed by atoms with Crippen LogP contribution in [0.5, 0.6) is 5.75 Å². The summed E-state index contributed by atoms with van der Waals surface area (Å²) in [6, 6.07) is 2.96. The number of aliphatic hydroxyl groups is 1. The van der Waals surface area contributed by atoms with Crippen molar-refractivity contribution in [3.8, 4) is 5.75 Å². The third kappa shape index (κ3) is 3.11. The van der Waals surface area contributed by atoms with E-state index in [1.165, 1.54) is 0 Å².